The highest BCUT2D eigenvalue weighted by atomic mass is 16.2. The first-order valence-electron chi connectivity index (χ1n) is 7.52. The molecule has 0 aliphatic carbocycles. The second-order valence-corrected chi connectivity index (χ2v) is 6.07. The molecule has 1 aromatic carbocycles. The number of rotatable bonds is 5. The van der Waals surface area contributed by atoms with Crippen LogP contribution in [0.25, 0.3) is 0 Å². The van der Waals surface area contributed by atoms with Crippen molar-refractivity contribution in [3.05, 3.63) is 35.4 Å². The molecule has 0 unspecified atom stereocenters. The van der Waals surface area contributed by atoms with E-state index in [-0.39, 0.29) is 11.9 Å². The summed E-state index contributed by atoms with van der Waals surface area (Å²) in [7, 11) is 1.88. The normalized spacial score (nSPS) is 16.1. The van der Waals surface area contributed by atoms with Gasteiger partial charge in [-0.1, -0.05) is 13.8 Å². The minimum absolute atomic E-state index is 0.0266. The van der Waals surface area contributed by atoms with Crippen LogP contribution in [0.1, 0.15) is 36.2 Å². The SMILES string of the molecule is CC(C)[C@@H](CN1CCC1)N(C)C(=O)c1ccc(C#N)cc1. The Morgan fingerprint density at radius 1 is 1.33 bits per heavy atom. The van der Waals surface area contributed by atoms with Gasteiger partial charge in [0, 0.05) is 25.2 Å². The van der Waals surface area contributed by atoms with Gasteiger partial charge in [0.25, 0.3) is 5.91 Å². The first-order chi connectivity index (χ1) is 10.0. The minimum Gasteiger partial charge on any atom is -0.337 e. The van der Waals surface area contributed by atoms with Crippen LogP contribution in [0, 0.1) is 17.2 Å². The zero-order chi connectivity index (χ0) is 15.4. The van der Waals surface area contributed by atoms with Gasteiger partial charge in [0.05, 0.1) is 11.6 Å². The van der Waals surface area contributed by atoms with Crippen LogP contribution in [-0.4, -0.2) is 48.4 Å². The van der Waals surface area contributed by atoms with E-state index in [1.807, 2.05) is 11.9 Å². The Bertz CT molecular complexity index is 526. The number of benzene rings is 1. The maximum atomic E-state index is 12.6. The molecule has 4 heteroatoms. The number of hydrogen-bond acceptors (Lipinski definition) is 3. The van der Waals surface area contributed by atoms with Crippen molar-refractivity contribution in [2.24, 2.45) is 5.92 Å². The predicted octanol–water partition coefficient (Wildman–Crippen LogP) is 2.36. The molecule has 1 aromatic rings. The van der Waals surface area contributed by atoms with E-state index in [1.165, 1.54) is 6.42 Å². The Morgan fingerprint density at radius 2 is 1.95 bits per heavy atom. The van der Waals surface area contributed by atoms with Gasteiger partial charge in [-0.2, -0.15) is 5.26 Å². The number of amides is 1. The number of carbonyl (C=O) groups excluding carboxylic acids is 1. The Morgan fingerprint density at radius 3 is 2.38 bits per heavy atom. The average molecular weight is 285 g/mol. The van der Waals surface area contributed by atoms with Crippen molar-refractivity contribution < 1.29 is 4.79 Å². The fourth-order valence-corrected chi connectivity index (χ4v) is 2.65. The molecule has 112 valence electrons. The van der Waals surface area contributed by atoms with Gasteiger partial charge < -0.3 is 9.80 Å². The molecule has 4 nitrogen and oxygen atoms in total. The Labute approximate surface area is 127 Å². The van der Waals surface area contributed by atoms with Crippen molar-refractivity contribution in [3.8, 4) is 6.07 Å². The van der Waals surface area contributed by atoms with Crippen molar-refractivity contribution in [1.82, 2.24) is 9.80 Å². The van der Waals surface area contributed by atoms with Crippen molar-refractivity contribution >= 4 is 5.91 Å². The Kier molecular flexibility index (Phi) is 4.98. The van der Waals surface area contributed by atoms with Gasteiger partial charge in [-0.05, 0) is 49.7 Å². The molecule has 0 bridgehead atoms. The lowest BCUT2D eigenvalue weighted by molar-refractivity contribution is 0.0564. The molecule has 0 aromatic heterocycles. The molecule has 1 atom stereocenters. The Hall–Kier alpha value is -1.86. The fraction of sp³-hybridized carbons (Fsp3) is 0.529. The van der Waals surface area contributed by atoms with E-state index in [0.717, 1.165) is 19.6 Å². The van der Waals surface area contributed by atoms with E-state index in [2.05, 4.69) is 24.8 Å². The van der Waals surface area contributed by atoms with Crippen LogP contribution in [0.2, 0.25) is 0 Å². The quantitative estimate of drug-likeness (QED) is 0.834. The van der Waals surface area contributed by atoms with Gasteiger partial charge in [-0.15, -0.1) is 0 Å². The summed E-state index contributed by atoms with van der Waals surface area (Å²) in [5, 5.41) is 8.82. The van der Waals surface area contributed by atoms with Crippen LogP contribution in [0.4, 0.5) is 0 Å². The highest BCUT2D eigenvalue weighted by Gasteiger charge is 2.27. The topological polar surface area (TPSA) is 47.3 Å². The number of nitriles is 1. The molecule has 1 heterocycles. The molecule has 1 saturated heterocycles. The van der Waals surface area contributed by atoms with Crippen LogP contribution in [0.3, 0.4) is 0 Å². The molecule has 21 heavy (non-hydrogen) atoms. The average Bonchev–Trinajstić information content (AvgIpc) is 2.44. The van der Waals surface area contributed by atoms with E-state index in [4.69, 9.17) is 5.26 Å². The number of hydrogen-bond donors (Lipinski definition) is 0. The first-order valence-corrected chi connectivity index (χ1v) is 7.52. The smallest absolute Gasteiger partial charge is 0.253 e. The molecule has 0 saturated carbocycles. The highest BCUT2D eigenvalue weighted by molar-refractivity contribution is 5.94. The molecule has 0 N–H and O–H groups in total. The number of likely N-dealkylation sites (tertiary alicyclic amines) is 1. The largest absolute Gasteiger partial charge is 0.337 e. The Balaban J connectivity index is 2.08. The van der Waals surface area contributed by atoms with Crippen LogP contribution < -0.4 is 0 Å². The lowest BCUT2D eigenvalue weighted by atomic mass is 9.99. The summed E-state index contributed by atoms with van der Waals surface area (Å²) in [5.74, 6) is 0.441. The third kappa shape index (κ3) is 3.62. The lowest BCUT2D eigenvalue weighted by Gasteiger charge is -2.39. The van der Waals surface area contributed by atoms with Crippen LogP contribution >= 0.6 is 0 Å². The van der Waals surface area contributed by atoms with Gasteiger partial charge in [0.15, 0.2) is 0 Å². The summed E-state index contributed by atoms with van der Waals surface area (Å²) in [6.07, 6.45) is 1.26. The monoisotopic (exact) mass is 285 g/mol. The van der Waals surface area contributed by atoms with E-state index in [0.29, 0.717) is 17.0 Å². The van der Waals surface area contributed by atoms with Gasteiger partial charge in [0.1, 0.15) is 0 Å². The van der Waals surface area contributed by atoms with Crippen molar-refractivity contribution in [3.63, 3.8) is 0 Å². The van der Waals surface area contributed by atoms with E-state index < -0.39 is 0 Å². The maximum absolute atomic E-state index is 12.6. The summed E-state index contributed by atoms with van der Waals surface area (Å²) < 4.78 is 0. The summed E-state index contributed by atoms with van der Waals surface area (Å²) >= 11 is 0. The minimum atomic E-state index is 0.0266. The lowest BCUT2D eigenvalue weighted by Crippen LogP contribution is -2.51. The van der Waals surface area contributed by atoms with Crippen molar-refractivity contribution in [1.29, 1.82) is 5.26 Å². The number of carbonyl (C=O) groups is 1. The summed E-state index contributed by atoms with van der Waals surface area (Å²) in [5.41, 5.74) is 1.22. The third-order valence-corrected chi connectivity index (χ3v) is 4.24. The van der Waals surface area contributed by atoms with Gasteiger partial charge >= 0.3 is 0 Å². The molecule has 1 amide bonds. The van der Waals surface area contributed by atoms with Gasteiger partial charge in [-0.25, -0.2) is 0 Å². The fourth-order valence-electron chi connectivity index (χ4n) is 2.65. The third-order valence-electron chi connectivity index (χ3n) is 4.24. The summed E-state index contributed by atoms with van der Waals surface area (Å²) in [4.78, 5) is 16.9. The van der Waals surface area contributed by atoms with E-state index in [9.17, 15) is 4.79 Å². The molecule has 2 rings (SSSR count). The maximum Gasteiger partial charge on any atom is 0.253 e. The van der Waals surface area contributed by atoms with E-state index in [1.54, 1.807) is 24.3 Å². The van der Waals surface area contributed by atoms with Crippen molar-refractivity contribution in [2.75, 3.05) is 26.7 Å². The highest BCUT2D eigenvalue weighted by Crippen LogP contribution is 2.17. The van der Waals surface area contributed by atoms with Gasteiger partial charge in [0.2, 0.25) is 0 Å². The molecule has 1 aliphatic heterocycles. The summed E-state index contributed by atoms with van der Waals surface area (Å²) in [6, 6.07) is 9.15. The summed E-state index contributed by atoms with van der Waals surface area (Å²) in [6.45, 7) is 7.54. The van der Waals surface area contributed by atoms with Crippen LogP contribution in [0.15, 0.2) is 24.3 Å². The molecule has 0 radical (unpaired) electrons. The zero-order valence-electron chi connectivity index (χ0n) is 13.0. The van der Waals surface area contributed by atoms with E-state index >= 15 is 0 Å². The molecule has 1 aliphatic rings. The number of nitrogens with zero attached hydrogens (tertiary/aromatic N) is 3. The van der Waals surface area contributed by atoms with Crippen molar-refractivity contribution in [2.45, 2.75) is 26.3 Å². The predicted molar refractivity (Wildman–Crippen MR) is 82.9 cm³/mol. The zero-order valence-corrected chi connectivity index (χ0v) is 13.0. The standard InChI is InChI=1S/C17H23N3O/c1-13(2)16(12-20-9-4-10-20)19(3)17(21)15-7-5-14(11-18)6-8-15/h5-8,13,16H,4,9-10,12H2,1-3H3/t16-/m1/s1. The molecular formula is C17H23N3O. The molecular weight excluding hydrogens is 262 g/mol. The number of likely N-dealkylation sites (N-methyl/N-ethyl adjacent to an activating group) is 1. The van der Waals surface area contributed by atoms with Crippen LogP contribution in [-0.2, 0) is 0 Å². The second-order valence-electron chi connectivity index (χ2n) is 6.07. The first kappa shape index (κ1) is 15.5. The van der Waals surface area contributed by atoms with Gasteiger partial charge in [-0.3, -0.25) is 4.79 Å². The molecule has 0 spiro atoms. The second kappa shape index (κ2) is 6.73. The molecule has 1 fully saturated rings. The van der Waals surface area contributed by atoms with Crippen LogP contribution in [0.5, 0.6) is 0 Å².